The van der Waals surface area contributed by atoms with E-state index in [1.165, 1.54) is 30.2 Å². The van der Waals surface area contributed by atoms with Crippen molar-refractivity contribution in [3.05, 3.63) is 86.5 Å². The van der Waals surface area contributed by atoms with E-state index in [4.69, 9.17) is 4.98 Å². The lowest BCUT2D eigenvalue weighted by Gasteiger charge is -2.39. The molecule has 1 unspecified atom stereocenters. The van der Waals surface area contributed by atoms with Crippen molar-refractivity contribution < 1.29 is 4.39 Å². The molecule has 2 saturated heterocycles. The maximum Gasteiger partial charge on any atom is 0.268 e. The van der Waals surface area contributed by atoms with Crippen LogP contribution in [0.4, 0.5) is 21.7 Å². The molecule has 1 aromatic carbocycles. The van der Waals surface area contributed by atoms with Crippen molar-refractivity contribution in [3.63, 3.8) is 0 Å². The Hall–Kier alpha value is -4.60. The van der Waals surface area contributed by atoms with Crippen LogP contribution in [0.2, 0.25) is 0 Å². The van der Waals surface area contributed by atoms with Gasteiger partial charge in [0.05, 0.1) is 29.0 Å². The highest BCUT2D eigenvalue weighted by molar-refractivity contribution is 7.09. The van der Waals surface area contributed by atoms with Crippen LogP contribution in [-0.2, 0) is 20.0 Å². The number of nitrogens with one attached hydrogen (secondary N) is 1. The van der Waals surface area contributed by atoms with Crippen LogP contribution in [0.15, 0.2) is 53.2 Å². The molecule has 0 amide bonds. The molecule has 2 fully saturated rings. The molecular formula is C32H32FN9OS. The number of rotatable bonds is 6. The smallest absolute Gasteiger partial charge is 0.268 e. The average Bonchev–Trinajstić information content (AvgIpc) is 3.78. The topological polar surface area (TPSA) is 97.0 Å². The van der Waals surface area contributed by atoms with E-state index in [-0.39, 0.29) is 17.3 Å². The number of hydrogen-bond acceptors (Lipinski definition) is 9. The molecule has 0 spiro atoms. The van der Waals surface area contributed by atoms with Gasteiger partial charge < -0.3 is 14.8 Å². The highest BCUT2D eigenvalue weighted by atomic mass is 32.1. The lowest BCUT2D eigenvalue weighted by atomic mass is 10.1. The van der Waals surface area contributed by atoms with Crippen LogP contribution in [0.5, 0.6) is 0 Å². The number of hydrogen-bond donors (Lipinski definition) is 1. The number of imidazole rings is 1. The summed E-state index contributed by atoms with van der Waals surface area (Å²) in [4.78, 5) is 37.4. The summed E-state index contributed by atoms with van der Waals surface area (Å²) in [6, 6.07) is 7.37. The zero-order chi connectivity index (χ0) is 30.2. The third-order valence-electron chi connectivity index (χ3n) is 8.45. The van der Waals surface area contributed by atoms with Crippen LogP contribution < -0.4 is 15.8 Å². The molecule has 0 saturated carbocycles. The van der Waals surface area contributed by atoms with Crippen LogP contribution in [0, 0.1) is 17.7 Å². The van der Waals surface area contributed by atoms with Crippen LogP contribution in [-0.4, -0.2) is 66.2 Å². The van der Waals surface area contributed by atoms with Crippen molar-refractivity contribution in [2.75, 3.05) is 36.4 Å². The SMILES string of the molecule is CCc1ncsc1Cn1c(=O)c(C#Cc2nccn2C)cc2cnc(Nc3ccc(N4CCN5CCCC5C4)c(F)c3)nc21. The first-order chi connectivity index (χ1) is 21.5. The Kier molecular flexibility index (Phi) is 7.57. The Morgan fingerprint density at radius 2 is 2.05 bits per heavy atom. The van der Waals surface area contributed by atoms with E-state index in [1.807, 2.05) is 26.1 Å². The van der Waals surface area contributed by atoms with Crippen molar-refractivity contribution >= 4 is 39.7 Å². The molecule has 4 aromatic heterocycles. The fourth-order valence-electron chi connectivity index (χ4n) is 6.10. The number of fused-ring (bicyclic) bond motifs is 2. The van der Waals surface area contributed by atoms with Gasteiger partial charge in [0, 0.05) is 67.3 Å². The fourth-order valence-corrected chi connectivity index (χ4v) is 6.94. The van der Waals surface area contributed by atoms with Crippen molar-refractivity contribution in [1.29, 1.82) is 0 Å². The summed E-state index contributed by atoms with van der Waals surface area (Å²) in [6.45, 7) is 6.12. The number of aryl methyl sites for hydroxylation is 2. The summed E-state index contributed by atoms with van der Waals surface area (Å²) in [5.74, 6) is 6.54. The molecule has 0 bridgehead atoms. The van der Waals surface area contributed by atoms with Gasteiger partial charge in [0.2, 0.25) is 5.95 Å². The van der Waals surface area contributed by atoms with E-state index in [1.54, 1.807) is 39.3 Å². The Labute approximate surface area is 258 Å². The lowest BCUT2D eigenvalue weighted by Crippen LogP contribution is -2.50. The van der Waals surface area contributed by atoms with E-state index in [0.29, 0.717) is 46.4 Å². The quantitative estimate of drug-likeness (QED) is 0.287. The normalized spacial score (nSPS) is 16.6. The number of pyridine rings is 1. The van der Waals surface area contributed by atoms with Crippen LogP contribution in [0.25, 0.3) is 11.0 Å². The Bertz CT molecular complexity index is 1970. The Morgan fingerprint density at radius 1 is 1.14 bits per heavy atom. The number of aromatic nitrogens is 6. The van der Waals surface area contributed by atoms with Crippen molar-refractivity contribution in [3.8, 4) is 11.8 Å². The third-order valence-corrected chi connectivity index (χ3v) is 9.31. The number of nitrogens with zero attached hydrogens (tertiary/aromatic N) is 8. The minimum absolute atomic E-state index is 0.267. The summed E-state index contributed by atoms with van der Waals surface area (Å²) in [5.41, 5.74) is 4.40. The molecule has 12 heteroatoms. The third kappa shape index (κ3) is 5.44. The molecule has 44 heavy (non-hydrogen) atoms. The van der Waals surface area contributed by atoms with Gasteiger partial charge in [0.15, 0.2) is 5.82 Å². The minimum Gasteiger partial charge on any atom is -0.366 e. The van der Waals surface area contributed by atoms with Crippen LogP contribution in [0.3, 0.4) is 0 Å². The maximum absolute atomic E-state index is 15.4. The molecule has 7 rings (SSSR count). The standard InChI is InChI=1S/C32H32FN9OS/c1-3-26-28(44-20-36-26)19-42-30-22(15-21(31(42)43)6-9-29-34-10-12-39(29)2)17-35-32(38-30)37-23-7-8-27(25(33)16-23)41-14-13-40-11-4-5-24(40)18-41/h7-8,10,12,15-17,20,24H,3-5,11,13-14,18-19H2,1-2H3,(H,35,37,38). The first kappa shape index (κ1) is 28.2. The molecule has 1 atom stereocenters. The van der Waals surface area contributed by atoms with Gasteiger partial charge in [-0.1, -0.05) is 12.8 Å². The van der Waals surface area contributed by atoms with E-state index in [9.17, 15) is 4.79 Å². The van der Waals surface area contributed by atoms with Crippen molar-refractivity contribution in [2.45, 2.75) is 38.8 Å². The second-order valence-corrected chi connectivity index (χ2v) is 12.1. The van der Waals surface area contributed by atoms with Gasteiger partial charge in [-0.15, -0.1) is 11.3 Å². The highest BCUT2D eigenvalue weighted by Crippen LogP contribution is 2.29. The van der Waals surface area contributed by atoms with Gasteiger partial charge in [-0.05, 0) is 56.0 Å². The average molecular weight is 610 g/mol. The van der Waals surface area contributed by atoms with Gasteiger partial charge >= 0.3 is 0 Å². The van der Waals surface area contributed by atoms with E-state index in [2.05, 4.69) is 41.9 Å². The molecule has 5 aromatic rings. The zero-order valence-corrected chi connectivity index (χ0v) is 25.4. The predicted octanol–water partition coefficient (Wildman–Crippen LogP) is 4.16. The number of benzene rings is 1. The van der Waals surface area contributed by atoms with Gasteiger partial charge in [-0.2, -0.15) is 4.98 Å². The molecule has 2 aliphatic rings. The number of halogens is 1. The second kappa shape index (κ2) is 11.8. The van der Waals surface area contributed by atoms with Crippen LogP contribution >= 0.6 is 11.3 Å². The zero-order valence-electron chi connectivity index (χ0n) is 24.6. The van der Waals surface area contributed by atoms with Gasteiger partial charge in [0.25, 0.3) is 5.56 Å². The fraction of sp³-hybridized carbons (Fsp3) is 0.344. The minimum atomic E-state index is -0.285. The molecule has 224 valence electrons. The second-order valence-electron chi connectivity index (χ2n) is 11.2. The van der Waals surface area contributed by atoms with Gasteiger partial charge in [-0.25, -0.2) is 19.3 Å². The molecule has 2 aliphatic heterocycles. The summed E-state index contributed by atoms with van der Waals surface area (Å²) >= 11 is 1.50. The summed E-state index contributed by atoms with van der Waals surface area (Å²) in [6.07, 6.45) is 8.26. The highest BCUT2D eigenvalue weighted by Gasteiger charge is 2.31. The monoisotopic (exact) mass is 609 g/mol. The maximum atomic E-state index is 15.4. The molecule has 0 aliphatic carbocycles. The Morgan fingerprint density at radius 3 is 2.86 bits per heavy atom. The first-order valence-electron chi connectivity index (χ1n) is 14.8. The van der Waals surface area contributed by atoms with Crippen molar-refractivity contribution in [2.24, 2.45) is 7.05 Å². The molecule has 0 radical (unpaired) electrons. The summed E-state index contributed by atoms with van der Waals surface area (Å²) < 4.78 is 18.8. The van der Waals surface area contributed by atoms with Gasteiger partial charge in [-0.3, -0.25) is 14.3 Å². The summed E-state index contributed by atoms with van der Waals surface area (Å²) in [7, 11) is 1.85. The largest absolute Gasteiger partial charge is 0.366 e. The van der Waals surface area contributed by atoms with E-state index < -0.39 is 0 Å². The first-order valence-corrected chi connectivity index (χ1v) is 15.7. The summed E-state index contributed by atoms with van der Waals surface area (Å²) in [5, 5.41) is 3.81. The molecule has 10 nitrogen and oxygen atoms in total. The van der Waals surface area contributed by atoms with Gasteiger partial charge in [0.1, 0.15) is 11.5 Å². The molecule has 1 N–H and O–H groups in total. The Balaban J connectivity index is 1.21. The number of anilines is 3. The molecular weight excluding hydrogens is 577 g/mol. The van der Waals surface area contributed by atoms with E-state index in [0.717, 1.165) is 43.2 Å². The van der Waals surface area contributed by atoms with Crippen molar-refractivity contribution in [1.82, 2.24) is 34.0 Å². The van der Waals surface area contributed by atoms with Crippen LogP contribution in [0.1, 0.15) is 41.7 Å². The number of thiazole rings is 1. The van der Waals surface area contributed by atoms with E-state index >= 15 is 4.39 Å². The lowest BCUT2D eigenvalue weighted by molar-refractivity contribution is 0.230. The predicted molar refractivity (Wildman–Crippen MR) is 170 cm³/mol. The molecule has 6 heterocycles. The number of piperazine rings is 1.